The minimum atomic E-state index is -0.419. The number of halogens is 1. The second kappa shape index (κ2) is 6.91. The van der Waals surface area contributed by atoms with Crippen molar-refractivity contribution in [3.05, 3.63) is 35.6 Å². The largest absolute Gasteiger partial charge is 0.350 e. The van der Waals surface area contributed by atoms with Gasteiger partial charge in [-0.05, 0) is 31.5 Å². The highest BCUT2D eigenvalue weighted by molar-refractivity contribution is 8.02. The molecule has 1 aromatic carbocycles. The molecule has 3 amide bonds. The molecule has 0 unspecified atom stereocenters. The number of hydrogen-bond acceptors (Lipinski definition) is 4. The van der Waals surface area contributed by atoms with Gasteiger partial charge in [-0.25, -0.2) is 4.39 Å². The Hall–Kier alpha value is -1.89. The lowest BCUT2D eigenvalue weighted by molar-refractivity contribution is -0.147. The molecule has 22 heavy (non-hydrogen) atoms. The Morgan fingerprint density at radius 3 is 2.27 bits per heavy atom. The normalized spacial score (nSPS) is 21.9. The molecular formula is C15H17FN2O3S. The number of rotatable bonds is 4. The lowest BCUT2D eigenvalue weighted by atomic mass is 10.2. The highest BCUT2D eigenvalue weighted by Crippen LogP contribution is 2.26. The molecule has 2 rings (SSSR count). The molecule has 1 aliphatic rings. The number of nitrogens with zero attached hydrogens (tertiary/aromatic N) is 1. The topological polar surface area (TPSA) is 66.5 Å². The summed E-state index contributed by atoms with van der Waals surface area (Å²) in [6, 6.07) is 5.74. The molecule has 0 bridgehead atoms. The number of carbonyl (C=O) groups excluding carboxylic acids is 3. The molecule has 5 nitrogen and oxygen atoms in total. The van der Waals surface area contributed by atoms with Crippen LogP contribution in [0.15, 0.2) is 24.3 Å². The van der Waals surface area contributed by atoms with Crippen LogP contribution in [-0.2, 0) is 20.9 Å². The van der Waals surface area contributed by atoms with Gasteiger partial charge >= 0.3 is 0 Å². The van der Waals surface area contributed by atoms with Crippen LogP contribution in [0.4, 0.5) is 4.39 Å². The molecule has 0 aliphatic carbocycles. The van der Waals surface area contributed by atoms with E-state index in [-0.39, 0.29) is 41.2 Å². The van der Waals surface area contributed by atoms with Gasteiger partial charge in [-0.1, -0.05) is 12.1 Å². The molecule has 1 heterocycles. The van der Waals surface area contributed by atoms with E-state index in [1.165, 1.54) is 23.9 Å². The number of nitrogens with one attached hydrogen (secondary N) is 1. The zero-order valence-corrected chi connectivity index (χ0v) is 13.2. The molecule has 7 heteroatoms. The smallest absolute Gasteiger partial charge is 0.242 e. The van der Waals surface area contributed by atoms with E-state index >= 15 is 0 Å². The second-order valence-corrected chi connectivity index (χ2v) is 6.77. The number of amides is 3. The first-order valence-electron chi connectivity index (χ1n) is 6.90. The fourth-order valence-electron chi connectivity index (χ4n) is 2.13. The van der Waals surface area contributed by atoms with Crippen molar-refractivity contribution in [3.63, 3.8) is 0 Å². The summed E-state index contributed by atoms with van der Waals surface area (Å²) in [7, 11) is 0. The van der Waals surface area contributed by atoms with Crippen molar-refractivity contribution in [1.29, 1.82) is 0 Å². The first-order chi connectivity index (χ1) is 10.4. The molecule has 1 aliphatic heterocycles. The quantitative estimate of drug-likeness (QED) is 0.849. The predicted molar refractivity (Wildman–Crippen MR) is 81.5 cm³/mol. The molecule has 0 radical (unpaired) electrons. The van der Waals surface area contributed by atoms with E-state index in [1.807, 2.05) is 0 Å². The van der Waals surface area contributed by atoms with Gasteiger partial charge in [0.15, 0.2) is 0 Å². The van der Waals surface area contributed by atoms with Gasteiger partial charge in [-0.3, -0.25) is 19.3 Å². The Morgan fingerprint density at radius 2 is 1.73 bits per heavy atom. The third-order valence-electron chi connectivity index (χ3n) is 3.34. The summed E-state index contributed by atoms with van der Waals surface area (Å²) in [5, 5.41) is 1.95. The Labute approximate surface area is 132 Å². The van der Waals surface area contributed by atoms with Gasteiger partial charge in [0, 0.05) is 6.54 Å². The summed E-state index contributed by atoms with van der Waals surface area (Å²) in [5.41, 5.74) is 0.739. The first-order valence-corrected chi connectivity index (χ1v) is 7.84. The minimum absolute atomic E-state index is 0.217. The van der Waals surface area contributed by atoms with Gasteiger partial charge in [0.2, 0.25) is 17.7 Å². The molecule has 0 saturated carbocycles. The summed E-state index contributed by atoms with van der Waals surface area (Å²) in [4.78, 5) is 36.9. The van der Waals surface area contributed by atoms with E-state index in [0.717, 1.165) is 10.5 Å². The van der Waals surface area contributed by atoms with Crippen molar-refractivity contribution in [2.75, 3.05) is 6.54 Å². The minimum Gasteiger partial charge on any atom is -0.350 e. The second-order valence-electron chi connectivity index (χ2n) is 5.09. The van der Waals surface area contributed by atoms with Gasteiger partial charge in [0.1, 0.15) is 12.4 Å². The van der Waals surface area contributed by atoms with Crippen LogP contribution in [0.3, 0.4) is 0 Å². The first kappa shape index (κ1) is 16.5. The van der Waals surface area contributed by atoms with E-state index in [2.05, 4.69) is 5.32 Å². The van der Waals surface area contributed by atoms with E-state index in [0.29, 0.717) is 0 Å². The average Bonchev–Trinajstić information content (AvgIpc) is 2.49. The number of imide groups is 1. The van der Waals surface area contributed by atoms with Crippen LogP contribution in [0, 0.1) is 5.82 Å². The molecular weight excluding hydrogens is 307 g/mol. The molecule has 2 atom stereocenters. The third kappa shape index (κ3) is 3.85. The zero-order chi connectivity index (χ0) is 16.3. The monoisotopic (exact) mass is 324 g/mol. The Bertz CT molecular complexity index is 571. The Kier molecular flexibility index (Phi) is 5.18. The summed E-state index contributed by atoms with van der Waals surface area (Å²) in [6.07, 6.45) is 0. The van der Waals surface area contributed by atoms with Crippen LogP contribution in [0.1, 0.15) is 19.4 Å². The zero-order valence-electron chi connectivity index (χ0n) is 12.3. The summed E-state index contributed by atoms with van der Waals surface area (Å²) in [6.45, 7) is 3.38. The van der Waals surface area contributed by atoms with Crippen molar-refractivity contribution in [3.8, 4) is 0 Å². The Balaban J connectivity index is 1.91. The van der Waals surface area contributed by atoms with Gasteiger partial charge in [0.25, 0.3) is 0 Å². The molecule has 1 N–H and O–H groups in total. The molecule has 1 saturated heterocycles. The van der Waals surface area contributed by atoms with E-state index in [4.69, 9.17) is 0 Å². The fraction of sp³-hybridized carbons (Fsp3) is 0.400. The molecule has 1 fully saturated rings. The van der Waals surface area contributed by atoms with Gasteiger partial charge < -0.3 is 5.32 Å². The maximum absolute atomic E-state index is 12.8. The SMILES string of the molecule is C[C@@H]1S[C@@H](C)C(=O)N(CC(=O)NCc2ccc(F)cc2)C1=O. The van der Waals surface area contributed by atoms with Crippen molar-refractivity contribution >= 4 is 29.5 Å². The molecule has 1 aromatic rings. The lowest BCUT2D eigenvalue weighted by Crippen LogP contribution is -2.53. The van der Waals surface area contributed by atoms with Gasteiger partial charge in [-0.15, -0.1) is 11.8 Å². The maximum Gasteiger partial charge on any atom is 0.242 e. The van der Waals surface area contributed by atoms with Crippen LogP contribution < -0.4 is 5.32 Å². The number of thioether (sulfide) groups is 1. The van der Waals surface area contributed by atoms with Gasteiger partial charge in [0.05, 0.1) is 10.5 Å². The fourth-order valence-corrected chi connectivity index (χ4v) is 3.23. The van der Waals surface area contributed by atoms with Crippen LogP contribution in [0.25, 0.3) is 0 Å². The lowest BCUT2D eigenvalue weighted by Gasteiger charge is -2.31. The summed E-state index contributed by atoms with van der Waals surface area (Å²) in [5.74, 6) is -1.45. The number of carbonyl (C=O) groups is 3. The summed E-state index contributed by atoms with van der Waals surface area (Å²) < 4.78 is 12.8. The van der Waals surface area contributed by atoms with Crippen LogP contribution in [0.2, 0.25) is 0 Å². The van der Waals surface area contributed by atoms with Crippen LogP contribution >= 0.6 is 11.8 Å². The molecule has 0 spiro atoms. The van der Waals surface area contributed by atoms with E-state index in [1.54, 1.807) is 26.0 Å². The van der Waals surface area contributed by atoms with Crippen LogP contribution in [0.5, 0.6) is 0 Å². The standard InChI is InChI=1S/C15H17FN2O3S/c1-9-14(20)18(15(21)10(2)22-9)8-13(19)17-7-11-3-5-12(16)6-4-11/h3-6,9-10H,7-8H2,1-2H3,(H,17,19)/t9-,10-/m0/s1. The average molecular weight is 324 g/mol. The van der Waals surface area contributed by atoms with E-state index < -0.39 is 5.91 Å². The molecule has 0 aromatic heterocycles. The van der Waals surface area contributed by atoms with Crippen molar-refractivity contribution in [2.45, 2.75) is 30.9 Å². The van der Waals surface area contributed by atoms with E-state index in [9.17, 15) is 18.8 Å². The number of hydrogen-bond donors (Lipinski definition) is 1. The maximum atomic E-state index is 12.8. The highest BCUT2D eigenvalue weighted by atomic mass is 32.2. The molecule has 118 valence electrons. The van der Waals surface area contributed by atoms with Gasteiger partial charge in [-0.2, -0.15) is 0 Å². The van der Waals surface area contributed by atoms with Crippen LogP contribution in [-0.4, -0.2) is 39.7 Å². The van der Waals surface area contributed by atoms with Crippen molar-refractivity contribution in [1.82, 2.24) is 10.2 Å². The highest BCUT2D eigenvalue weighted by Gasteiger charge is 2.37. The number of benzene rings is 1. The van der Waals surface area contributed by atoms with Crippen molar-refractivity contribution < 1.29 is 18.8 Å². The summed E-state index contributed by atoms with van der Waals surface area (Å²) >= 11 is 1.29. The Morgan fingerprint density at radius 1 is 1.18 bits per heavy atom. The van der Waals surface area contributed by atoms with Crippen molar-refractivity contribution in [2.24, 2.45) is 0 Å². The third-order valence-corrected chi connectivity index (χ3v) is 4.56. The predicted octanol–water partition coefficient (Wildman–Crippen LogP) is 1.32.